The summed E-state index contributed by atoms with van der Waals surface area (Å²) in [4.78, 5) is 0. The molecule has 0 amide bonds. The van der Waals surface area contributed by atoms with Gasteiger partial charge in [-0.05, 0) is 53.9 Å². The first-order valence-electron chi connectivity index (χ1n) is 5.99. The molecule has 2 aromatic carbocycles. The Morgan fingerprint density at radius 1 is 1.00 bits per heavy atom. The van der Waals surface area contributed by atoms with E-state index >= 15 is 0 Å². The van der Waals surface area contributed by atoms with Crippen molar-refractivity contribution in [2.24, 2.45) is 0 Å². The molecule has 20 heavy (non-hydrogen) atoms. The molecule has 102 valence electrons. The van der Waals surface area contributed by atoms with Crippen LogP contribution in [0.25, 0.3) is 0 Å². The molecule has 0 radical (unpaired) electrons. The van der Waals surface area contributed by atoms with E-state index in [1.807, 2.05) is 0 Å². The summed E-state index contributed by atoms with van der Waals surface area (Å²) in [5.74, 6) is -0.426. The smallest absolute Gasteiger partial charge is 0.0768 e. The minimum atomic E-state index is -0.426. The molecule has 0 aromatic heterocycles. The Hall–Kier alpha value is -1.89. The van der Waals surface area contributed by atoms with Crippen LogP contribution in [0.3, 0.4) is 0 Å². The highest BCUT2D eigenvalue weighted by Crippen LogP contribution is 2.31. The van der Waals surface area contributed by atoms with Crippen LogP contribution in [0.1, 0.15) is 17.0 Å². The van der Waals surface area contributed by atoms with Gasteiger partial charge in [-0.3, -0.25) is 0 Å². The predicted octanol–water partition coefficient (Wildman–Crippen LogP) is 4.01. The fourth-order valence-corrected chi connectivity index (χ4v) is 2.47. The van der Waals surface area contributed by atoms with Gasteiger partial charge in [-0.1, -0.05) is 23.2 Å². The molecule has 5 heteroatoms. The molecule has 0 saturated carbocycles. The van der Waals surface area contributed by atoms with Crippen LogP contribution in [0.2, 0.25) is 10.0 Å². The number of nitriles is 1. The topological polar surface area (TPSA) is 75.8 Å². The monoisotopic (exact) mass is 305 g/mol. The molecule has 2 rings (SSSR count). The van der Waals surface area contributed by atoms with Crippen molar-refractivity contribution in [3.05, 3.63) is 57.6 Å². The zero-order valence-corrected chi connectivity index (χ0v) is 12.1. The molecule has 0 heterocycles. The first-order valence-corrected chi connectivity index (χ1v) is 6.75. The Balaban J connectivity index is 2.37. The highest BCUT2D eigenvalue weighted by atomic mass is 35.5. The summed E-state index contributed by atoms with van der Waals surface area (Å²) in [5, 5.41) is 10.5. The molecule has 2 aromatic rings. The molecule has 0 saturated heterocycles. The Bertz CT molecular complexity index is 677. The molecule has 3 nitrogen and oxygen atoms in total. The summed E-state index contributed by atoms with van der Waals surface area (Å²) < 4.78 is 0. The van der Waals surface area contributed by atoms with E-state index in [0.29, 0.717) is 33.4 Å². The SMILES string of the molecule is N#C[C@H](Cc1cc(N)ccc1Cl)c1cc(N)ccc1Cl. The van der Waals surface area contributed by atoms with E-state index in [-0.39, 0.29) is 0 Å². The van der Waals surface area contributed by atoms with Gasteiger partial charge in [-0.25, -0.2) is 0 Å². The molecule has 1 atom stereocenters. The summed E-state index contributed by atoms with van der Waals surface area (Å²) in [5.41, 5.74) is 14.2. The van der Waals surface area contributed by atoms with Gasteiger partial charge in [-0.15, -0.1) is 0 Å². The van der Waals surface area contributed by atoms with Crippen LogP contribution in [0.15, 0.2) is 36.4 Å². The molecule has 4 N–H and O–H groups in total. The highest BCUT2D eigenvalue weighted by Gasteiger charge is 2.17. The van der Waals surface area contributed by atoms with Gasteiger partial charge in [0, 0.05) is 21.4 Å². The third-order valence-corrected chi connectivity index (χ3v) is 3.76. The minimum Gasteiger partial charge on any atom is -0.399 e. The number of hydrogen-bond acceptors (Lipinski definition) is 3. The van der Waals surface area contributed by atoms with E-state index in [1.54, 1.807) is 36.4 Å². The molecular formula is C15H13Cl2N3. The second-order valence-corrected chi connectivity index (χ2v) is 5.33. The molecule has 0 fully saturated rings. The van der Waals surface area contributed by atoms with Crippen LogP contribution in [0, 0.1) is 11.3 Å². The maximum absolute atomic E-state index is 9.39. The quantitative estimate of drug-likeness (QED) is 0.841. The number of halogens is 2. The fraction of sp³-hybridized carbons (Fsp3) is 0.133. The minimum absolute atomic E-state index is 0.426. The van der Waals surface area contributed by atoms with Crippen LogP contribution in [-0.4, -0.2) is 0 Å². The standard InChI is InChI=1S/C15H13Cl2N3/c16-14-3-1-11(19)6-9(14)5-10(8-18)13-7-12(20)2-4-15(13)17/h1-4,6-7,10H,5,19-20H2/t10-/m0/s1. The maximum atomic E-state index is 9.39. The van der Waals surface area contributed by atoms with Gasteiger partial charge in [0.05, 0.1) is 12.0 Å². The van der Waals surface area contributed by atoms with Crippen LogP contribution in [0.4, 0.5) is 11.4 Å². The van der Waals surface area contributed by atoms with Crippen molar-refractivity contribution in [2.45, 2.75) is 12.3 Å². The van der Waals surface area contributed by atoms with E-state index < -0.39 is 5.92 Å². The lowest BCUT2D eigenvalue weighted by molar-refractivity contribution is 0.850. The third-order valence-electron chi connectivity index (χ3n) is 3.05. The van der Waals surface area contributed by atoms with E-state index in [9.17, 15) is 5.26 Å². The van der Waals surface area contributed by atoms with Crippen LogP contribution >= 0.6 is 23.2 Å². The maximum Gasteiger partial charge on any atom is 0.0768 e. The lowest BCUT2D eigenvalue weighted by Crippen LogP contribution is -2.03. The highest BCUT2D eigenvalue weighted by molar-refractivity contribution is 6.32. The normalized spacial score (nSPS) is 11.8. The van der Waals surface area contributed by atoms with Gasteiger partial charge in [-0.2, -0.15) is 5.26 Å². The number of anilines is 2. The first kappa shape index (κ1) is 14.5. The number of nitrogens with zero attached hydrogens (tertiary/aromatic N) is 1. The molecule has 0 unspecified atom stereocenters. The van der Waals surface area contributed by atoms with Gasteiger partial charge >= 0.3 is 0 Å². The second-order valence-electron chi connectivity index (χ2n) is 4.52. The average Bonchev–Trinajstić information content (AvgIpc) is 2.42. The van der Waals surface area contributed by atoms with E-state index in [4.69, 9.17) is 34.7 Å². The number of nitrogen functional groups attached to an aromatic ring is 2. The molecule has 0 aliphatic rings. The van der Waals surface area contributed by atoms with Crippen molar-refractivity contribution >= 4 is 34.6 Å². The van der Waals surface area contributed by atoms with Gasteiger partial charge in [0.25, 0.3) is 0 Å². The van der Waals surface area contributed by atoms with Gasteiger partial charge < -0.3 is 11.5 Å². The van der Waals surface area contributed by atoms with Crippen LogP contribution in [-0.2, 0) is 6.42 Å². The molecule has 0 aliphatic carbocycles. The summed E-state index contributed by atoms with van der Waals surface area (Å²) in [6.07, 6.45) is 0.434. The summed E-state index contributed by atoms with van der Waals surface area (Å²) in [7, 11) is 0. The Labute approximate surface area is 127 Å². The molecule has 0 bridgehead atoms. The second kappa shape index (κ2) is 6.04. The van der Waals surface area contributed by atoms with Gasteiger partial charge in [0.1, 0.15) is 0 Å². The van der Waals surface area contributed by atoms with Crippen molar-refractivity contribution < 1.29 is 0 Å². The summed E-state index contributed by atoms with van der Waals surface area (Å²) in [6.45, 7) is 0. The number of benzene rings is 2. The molecule has 0 aliphatic heterocycles. The zero-order valence-electron chi connectivity index (χ0n) is 10.6. The Kier molecular flexibility index (Phi) is 4.39. The van der Waals surface area contributed by atoms with Gasteiger partial charge in [0.15, 0.2) is 0 Å². The van der Waals surface area contributed by atoms with Crippen LogP contribution in [0.5, 0.6) is 0 Å². The Morgan fingerprint density at radius 3 is 2.25 bits per heavy atom. The van der Waals surface area contributed by atoms with Crippen LogP contribution < -0.4 is 11.5 Å². The Morgan fingerprint density at radius 2 is 1.60 bits per heavy atom. The largest absolute Gasteiger partial charge is 0.399 e. The van der Waals surface area contributed by atoms with Crippen molar-refractivity contribution in [3.63, 3.8) is 0 Å². The number of rotatable bonds is 3. The predicted molar refractivity (Wildman–Crippen MR) is 83.8 cm³/mol. The van der Waals surface area contributed by atoms with Crippen molar-refractivity contribution in [2.75, 3.05) is 11.5 Å². The van der Waals surface area contributed by atoms with Gasteiger partial charge in [0.2, 0.25) is 0 Å². The lowest BCUT2D eigenvalue weighted by atomic mass is 9.92. The fourth-order valence-electron chi connectivity index (χ4n) is 2.03. The zero-order chi connectivity index (χ0) is 14.7. The number of nitrogens with two attached hydrogens (primary N) is 2. The summed E-state index contributed by atoms with van der Waals surface area (Å²) in [6, 6.07) is 12.6. The average molecular weight is 306 g/mol. The van der Waals surface area contributed by atoms with Crippen molar-refractivity contribution in [1.29, 1.82) is 5.26 Å². The molecular weight excluding hydrogens is 293 g/mol. The van der Waals surface area contributed by atoms with E-state index in [1.165, 1.54) is 0 Å². The third kappa shape index (κ3) is 3.16. The van der Waals surface area contributed by atoms with E-state index in [0.717, 1.165) is 5.56 Å². The molecule has 0 spiro atoms. The van der Waals surface area contributed by atoms with E-state index in [2.05, 4.69) is 6.07 Å². The summed E-state index contributed by atoms with van der Waals surface area (Å²) >= 11 is 12.3. The first-order chi connectivity index (χ1) is 9.51. The lowest BCUT2D eigenvalue weighted by Gasteiger charge is -2.13. The van der Waals surface area contributed by atoms with Crippen molar-refractivity contribution in [1.82, 2.24) is 0 Å². The number of hydrogen-bond donors (Lipinski definition) is 2. The van der Waals surface area contributed by atoms with Crippen molar-refractivity contribution in [3.8, 4) is 6.07 Å².